The number of esters is 1. The van der Waals surface area contributed by atoms with Gasteiger partial charge in [-0.25, -0.2) is 4.79 Å². The monoisotopic (exact) mass is 428 g/mol. The van der Waals surface area contributed by atoms with E-state index in [-0.39, 0.29) is 11.8 Å². The Morgan fingerprint density at radius 2 is 1.91 bits per heavy atom. The average molecular weight is 429 g/mol. The van der Waals surface area contributed by atoms with Crippen LogP contribution in [0, 0.1) is 0 Å². The Labute approximate surface area is 189 Å². The summed E-state index contributed by atoms with van der Waals surface area (Å²) >= 11 is 0. The topological polar surface area (TPSA) is 59.5 Å². The number of carbonyl (C=O) groups is 2. The maximum Gasteiger partial charge on any atom is 0.339 e. The second-order valence-corrected chi connectivity index (χ2v) is 8.54. The molecule has 2 heterocycles. The molecule has 5 heteroatoms. The number of rotatable bonds is 6. The molecule has 0 saturated heterocycles. The molecule has 1 aromatic heterocycles. The lowest BCUT2D eigenvalue weighted by atomic mass is 9.95. The van der Waals surface area contributed by atoms with Crippen LogP contribution in [0.25, 0.3) is 0 Å². The van der Waals surface area contributed by atoms with Crippen LogP contribution in [-0.2, 0) is 24.1 Å². The molecular weight excluding hydrogens is 400 g/mol. The normalized spacial score (nSPS) is 13.1. The van der Waals surface area contributed by atoms with Crippen molar-refractivity contribution in [1.29, 1.82) is 0 Å². The molecule has 0 aliphatic carbocycles. The lowest BCUT2D eigenvalue weighted by Gasteiger charge is -2.31. The number of ketones is 1. The Bertz CT molecular complexity index is 1150. The van der Waals surface area contributed by atoms with Crippen molar-refractivity contribution in [3.63, 3.8) is 0 Å². The summed E-state index contributed by atoms with van der Waals surface area (Å²) in [5.41, 5.74) is 6.56. The van der Waals surface area contributed by atoms with Crippen LogP contribution in [0.4, 0.5) is 5.69 Å². The van der Waals surface area contributed by atoms with Crippen LogP contribution in [0.2, 0.25) is 0 Å². The predicted molar refractivity (Wildman–Crippen MR) is 125 cm³/mol. The fourth-order valence-corrected chi connectivity index (χ4v) is 4.23. The van der Waals surface area contributed by atoms with E-state index in [1.165, 1.54) is 12.7 Å². The lowest BCUT2D eigenvalue weighted by Crippen LogP contribution is -2.31. The van der Waals surface area contributed by atoms with Crippen LogP contribution in [0.3, 0.4) is 0 Å². The summed E-state index contributed by atoms with van der Waals surface area (Å²) in [6.07, 6.45) is 4.50. The molecule has 3 aromatic rings. The highest BCUT2D eigenvalue weighted by atomic mass is 16.5. The first-order valence-corrected chi connectivity index (χ1v) is 11.0. The van der Waals surface area contributed by atoms with Crippen molar-refractivity contribution < 1.29 is 14.3 Å². The third-order valence-corrected chi connectivity index (χ3v) is 6.06. The van der Waals surface area contributed by atoms with Gasteiger partial charge in [0.25, 0.3) is 0 Å². The van der Waals surface area contributed by atoms with Crippen molar-refractivity contribution in [2.75, 3.05) is 18.6 Å². The summed E-state index contributed by atoms with van der Waals surface area (Å²) in [7, 11) is 1.39. The highest BCUT2D eigenvalue weighted by Crippen LogP contribution is 2.27. The van der Waals surface area contributed by atoms with Crippen LogP contribution < -0.4 is 4.90 Å². The Hall–Kier alpha value is -3.47. The molecule has 0 spiro atoms. The molecule has 0 saturated carbocycles. The fraction of sp³-hybridized carbons (Fsp3) is 0.296. The number of hydrogen-bond donors (Lipinski definition) is 0. The molecule has 1 aliphatic rings. The van der Waals surface area contributed by atoms with Gasteiger partial charge in [0.05, 0.1) is 12.7 Å². The van der Waals surface area contributed by atoms with Gasteiger partial charge in [0.1, 0.15) is 0 Å². The van der Waals surface area contributed by atoms with Gasteiger partial charge in [-0.3, -0.25) is 9.78 Å². The third kappa shape index (κ3) is 4.57. The third-order valence-electron chi connectivity index (χ3n) is 6.06. The number of Topliss-reactive ketones (excluding diaryl/α,β-unsaturated/α-hetero) is 1. The zero-order chi connectivity index (χ0) is 22.7. The Balaban J connectivity index is 1.52. The molecule has 0 amide bonds. The molecule has 0 radical (unpaired) electrons. The summed E-state index contributed by atoms with van der Waals surface area (Å²) in [6.45, 7) is 5.71. The number of methoxy groups -OCH3 is 1. The number of ether oxygens (including phenoxy) is 1. The smallest absolute Gasteiger partial charge is 0.339 e. The largest absolute Gasteiger partial charge is 0.465 e. The second-order valence-electron chi connectivity index (χ2n) is 8.54. The molecule has 0 bridgehead atoms. The number of fused-ring (bicyclic) bond motifs is 1. The van der Waals surface area contributed by atoms with Gasteiger partial charge in [0.2, 0.25) is 0 Å². The van der Waals surface area contributed by atoms with Crippen LogP contribution >= 0.6 is 0 Å². The van der Waals surface area contributed by atoms with E-state index in [0.717, 1.165) is 35.3 Å². The number of nitrogens with zero attached hydrogens (tertiary/aromatic N) is 2. The molecular formula is C27H28N2O3. The van der Waals surface area contributed by atoms with Crippen molar-refractivity contribution in [2.45, 2.75) is 39.2 Å². The number of benzene rings is 2. The first-order chi connectivity index (χ1) is 15.5. The predicted octanol–water partition coefficient (Wildman–Crippen LogP) is 4.98. The van der Waals surface area contributed by atoms with E-state index in [0.29, 0.717) is 30.0 Å². The highest BCUT2D eigenvalue weighted by Gasteiger charge is 2.23. The molecule has 0 unspecified atom stereocenters. The first-order valence-electron chi connectivity index (χ1n) is 11.0. The van der Waals surface area contributed by atoms with Crippen molar-refractivity contribution in [1.82, 2.24) is 4.98 Å². The van der Waals surface area contributed by atoms with Gasteiger partial charge >= 0.3 is 5.97 Å². The highest BCUT2D eigenvalue weighted by molar-refractivity contribution is 5.98. The molecule has 2 aromatic carbocycles. The zero-order valence-corrected chi connectivity index (χ0v) is 18.8. The standard InChI is InChI=1S/C27H28N2O3/c1-18(2)20-7-4-6-19(12-20)13-26(30)21-8-5-9-23(14-21)29-11-10-24-22(17-29)15-28-16-25(24)27(31)32-3/h4-9,12,14-16,18H,10-11,13,17H2,1-3H3. The minimum atomic E-state index is -0.350. The summed E-state index contributed by atoms with van der Waals surface area (Å²) in [4.78, 5) is 31.5. The number of anilines is 1. The molecule has 0 atom stereocenters. The minimum absolute atomic E-state index is 0.111. The van der Waals surface area contributed by atoms with E-state index >= 15 is 0 Å². The Kier molecular flexibility index (Phi) is 6.35. The van der Waals surface area contributed by atoms with Gasteiger partial charge in [-0.1, -0.05) is 50.2 Å². The summed E-state index contributed by atoms with van der Waals surface area (Å²) < 4.78 is 4.90. The van der Waals surface area contributed by atoms with Crippen molar-refractivity contribution >= 4 is 17.4 Å². The first kappa shape index (κ1) is 21.8. The van der Waals surface area contributed by atoms with Crippen molar-refractivity contribution in [3.05, 3.63) is 94.3 Å². The van der Waals surface area contributed by atoms with Crippen LogP contribution in [0.15, 0.2) is 60.9 Å². The maximum atomic E-state index is 13.0. The maximum absolute atomic E-state index is 13.0. The van der Waals surface area contributed by atoms with Gasteiger partial charge in [-0.05, 0) is 46.7 Å². The Morgan fingerprint density at radius 3 is 2.69 bits per heavy atom. The zero-order valence-electron chi connectivity index (χ0n) is 18.8. The molecule has 0 fully saturated rings. The van der Waals surface area contributed by atoms with Gasteiger partial charge in [-0.2, -0.15) is 0 Å². The second kappa shape index (κ2) is 9.35. The summed E-state index contributed by atoms with van der Waals surface area (Å²) in [6, 6.07) is 16.1. The number of carbonyl (C=O) groups excluding carboxylic acids is 2. The van der Waals surface area contributed by atoms with E-state index in [1.807, 2.05) is 42.6 Å². The number of hydrogen-bond acceptors (Lipinski definition) is 5. The molecule has 4 rings (SSSR count). The molecule has 164 valence electrons. The molecule has 5 nitrogen and oxygen atoms in total. The van der Waals surface area contributed by atoms with E-state index in [4.69, 9.17) is 4.74 Å². The summed E-state index contributed by atoms with van der Waals surface area (Å²) in [5, 5.41) is 0. The van der Waals surface area contributed by atoms with Crippen LogP contribution in [0.5, 0.6) is 0 Å². The van der Waals surface area contributed by atoms with E-state index < -0.39 is 0 Å². The van der Waals surface area contributed by atoms with Gasteiger partial charge in [-0.15, -0.1) is 0 Å². The summed E-state index contributed by atoms with van der Waals surface area (Å²) in [5.74, 6) is 0.196. The fourth-order valence-electron chi connectivity index (χ4n) is 4.23. The Morgan fingerprint density at radius 1 is 1.09 bits per heavy atom. The number of pyridine rings is 1. The molecule has 0 N–H and O–H groups in total. The van der Waals surface area contributed by atoms with Gasteiger partial charge < -0.3 is 9.64 Å². The molecule has 1 aliphatic heterocycles. The number of aromatic nitrogens is 1. The SMILES string of the molecule is COC(=O)c1cncc2c1CCN(c1cccc(C(=O)Cc3cccc(C(C)C)c3)c1)C2. The lowest BCUT2D eigenvalue weighted by molar-refractivity contribution is 0.0598. The van der Waals surface area contributed by atoms with Crippen molar-refractivity contribution in [3.8, 4) is 0 Å². The van der Waals surface area contributed by atoms with E-state index in [2.05, 4.69) is 35.9 Å². The van der Waals surface area contributed by atoms with Gasteiger partial charge in [0.15, 0.2) is 5.78 Å². The quantitative estimate of drug-likeness (QED) is 0.409. The van der Waals surface area contributed by atoms with E-state index in [9.17, 15) is 9.59 Å². The van der Waals surface area contributed by atoms with Crippen LogP contribution in [-0.4, -0.2) is 30.4 Å². The molecule has 32 heavy (non-hydrogen) atoms. The average Bonchev–Trinajstić information content (AvgIpc) is 2.83. The van der Waals surface area contributed by atoms with Crippen LogP contribution in [0.1, 0.15) is 62.7 Å². The van der Waals surface area contributed by atoms with Crippen molar-refractivity contribution in [2.24, 2.45) is 0 Å². The minimum Gasteiger partial charge on any atom is -0.465 e. The van der Waals surface area contributed by atoms with Gasteiger partial charge in [0, 0.05) is 43.2 Å². The van der Waals surface area contributed by atoms with E-state index in [1.54, 1.807) is 6.20 Å².